The van der Waals surface area contributed by atoms with Gasteiger partial charge in [-0.3, -0.25) is 4.79 Å². The molecular formula is C10H15NO3S. The largest absolute Gasteiger partial charge is 0.345 e. The smallest absolute Gasteiger partial charge is 0.166 e. The van der Waals surface area contributed by atoms with E-state index in [2.05, 4.69) is 0 Å². The molecule has 0 unspecified atom stereocenters. The van der Waals surface area contributed by atoms with Crippen molar-refractivity contribution in [1.82, 2.24) is 4.57 Å². The topological polar surface area (TPSA) is 56.1 Å². The SMILES string of the molecule is CCS(=O)(=O)CCCn1cccc1C=O. The molecule has 0 aliphatic carbocycles. The standard InChI is InChI=1S/C10H15NO3S/c1-2-15(13,14)8-4-7-11-6-3-5-10(11)9-12/h3,5-6,9H,2,4,7-8H2,1H3. The summed E-state index contributed by atoms with van der Waals surface area (Å²) in [6, 6.07) is 3.49. The van der Waals surface area contributed by atoms with Gasteiger partial charge in [0.15, 0.2) is 6.29 Å². The van der Waals surface area contributed by atoms with Gasteiger partial charge in [0, 0.05) is 18.5 Å². The number of aldehydes is 1. The Morgan fingerprint density at radius 2 is 2.20 bits per heavy atom. The Kier molecular flexibility index (Phi) is 4.08. The Morgan fingerprint density at radius 1 is 1.47 bits per heavy atom. The maximum absolute atomic E-state index is 11.2. The number of nitrogens with zero attached hydrogens (tertiary/aromatic N) is 1. The van der Waals surface area contributed by atoms with E-state index in [0.717, 1.165) is 6.29 Å². The molecule has 0 spiro atoms. The lowest BCUT2D eigenvalue weighted by Gasteiger charge is -2.05. The summed E-state index contributed by atoms with van der Waals surface area (Å²) in [6.07, 6.45) is 3.10. The molecule has 0 fully saturated rings. The Morgan fingerprint density at radius 3 is 2.80 bits per heavy atom. The van der Waals surface area contributed by atoms with Crippen molar-refractivity contribution in [2.24, 2.45) is 0 Å². The van der Waals surface area contributed by atoms with E-state index in [0.29, 0.717) is 18.7 Å². The molecule has 1 heterocycles. The lowest BCUT2D eigenvalue weighted by atomic mass is 10.4. The van der Waals surface area contributed by atoms with Crippen LogP contribution in [-0.4, -0.2) is 30.8 Å². The van der Waals surface area contributed by atoms with E-state index < -0.39 is 9.84 Å². The first kappa shape index (κ1) is 12.0. The van der Waals surface area contributed by atoms with E-state index in [1.54, 1.807) is 29.8 Å². The van der Waals surface area contributed by atoms with Gasteiger partial charge >= 0.3 is 0 Å². The minimum Gasteiger partial charge on any atom is -0.345 e. The van der Waals surface area contributed by atoms with Crippen molar-refractivity contribution in [1.29, 1.82) is 0 Å². The molecule has 1 aromatic rings. The van der Waals surface area contributed by atoms with Crippen LogP contribution in [0.1, 0.15) is 23.8 Å². The van der Waals surface area contributed by atoms with Crippen molar-refractivity contribution in [2.75, 3.05) is 11.5 Å². The maximum Gasteiger partial charge on any atom is 0.166 e. The average Bonchev–Trinajstić information content (AvgIpc) is 2.65. The summed E-state index contributed by atoms with van der Waals surface area (Å²) >= 11 is 0. The van der Waals surface area contributed by atoms with Gasteiger partial charge in [0.05, 0.1) is 11.4 Å². The van der Waals surface area contributed by atoms with Crippen molar-refractivity contribution < 1.29 is 13.2 Å². The number of aromatic nitrogens is 1. The van der Waals surface area contributed by atoms with Crippen LogP contribution < -0.4 is 0 Å². The van der Waals surface area contributed by atoms with Crippen LogP contribution in [0.15, 0.2) is 18.3 Å². The van der Waals surface area contributed by atoms with Crippen molar-refractivity contribution in [3.63, 3.8) is 0 Å². The monoisotopic (exact) mass is 229 g/mol. The number of sulfone groups is 1. The quantitative estimate of drug-likeness (QED) is 0.687. The van der Waals surface area contributed by atoms with Crippen molar-refractivity contribution in [3.8, 4) is 0 Å². The third-order valence-corrected chi connectivity index (χ3v) is 4.07. The molecular weight excluding hydrogens is 214 g/mol. The Labute approximate surface area is 89.8 Å². The Bertz CT molecular complexity index is 420. The number of rotatable bonds is 6. The van der Waals surface area contributed by atoms with Crippen LogP contribution in [0.5, 0.6) is 0 Å². The first-order valence-electron chi connectivity index (χ1n) is 4.90. The summed E-state index contributed by atoms with van der Waals surface area (Å²) in [4.78, 5) is 10.6. The van der Waals surface area contributed by atoms with E-state index >= 15 is 0 Å². The number of hydrogen-bond donors (Lipinski definition) is 0. The highest BCUT2D eigenvalue weighted by Gasteiger charge is 2.07. The van der Waals surface area contributed by atoms with E-state index in [4.69, 9.17) is 0 Å². The molecule has 0 bridgehead atoms. The summed E-state index contributed by atoms with van der Waals surface area (Å²) in [5.41, 5.74) is 0.587. The molecule has 84 valence electrons. The maximum atomic E-state index is 11.2. The van der Waals surface area contributed by atoms with Crippen molar-refractivity contribution in [3.05, 3.63) is 24.0 Å². The van der Waals surface area contributed by atoms with Crippen LogP contribution in [-0.2, 0) is 16.4 Å². The summed E-state index contributed by atoms with van der Waals surface area (Å²) in [5.74, 6) is 0.360. The van der Waals surface area contributed by atoms with Gasteiger partial charge in [-0.15, -0.1) is 0 Å². The highest BCUT2D eigenvalue weighted by atomic mass is 32.2. The molecule has 0 atom stereocenters. The van der Waals surface area contributed by atoms with Gasteiger partial charge in [0.25, 0.3) is 0 Å². The fraction of sp³-hybridized carbons (Fsp3) is 0.500. The molecule has 0 aromatic carbocycles. The van der Waals surface area contributed by atoms with Crippen molar-refractivity contribution in [2.45, 2.75) is 19.9 Å². The molecule has 0 amide bonds. The molecule has 0 radical (unpaired) electrons. The van der Waals surface area contributed by atoms with Gasteiger partial charge in [-0.05, 0) is 18.6 Å². The Hall–Kier alpha value is -1.10. The highest BCUT2D eigenvalue weighted by molar-refractivity contribution is 7.91. The van der Waals surface area contributed by atoms with Crippen molar-refractivity contribution >= 4 is 16.1 Å². The van der Waals surface area contributed by atoms with Crippen LogP contribution >= 0.6 is 0 Å². The molecule has 4 nitrogen and oxygen atoms in total. The van der Waals surface area contributed by atoms with Gasteiger partial charge in [-0.2, -0.15) is 0 Å². The van der Waals surface area contributed by atoms with Crippen LogP contribution in [0.25, 0.3) is 0 Å². The van der Waals surface area contributed by atoms with Gasteiger partial charge in [0.2, 0.25) is 0 Å². The van der Waals surface area contributed by atoms with Gasteiger partial charge < -0.3 is 4.57 Å². The van der Waals surface area contributed by atoms with E-state index in [1.807, 2.05) is 0 Å². The lowest BCUT2D eigenvalue weighted by molar-refractivity contribution is 0.111. The Balaban J connectivity index is 2.48. The molecule has 0 aliphatic rings. The third-order valence-electron chi connectivity index (χ3n) is 2.28. The summed E-state index contributed by atoms with van der Waals surface area (Å²) in [5, 5.41) is 0. The number of carbonyl (C=O) groups is 1. The van der Waals surface area contributed by atoms with Crippen LogP contribution in [0.3, 0.4) is 0 Å². The molecule has 0 saturated carbocycles. The fourth-order valence-corrected chi connectivity index (χ4v) is 2.19. The number of aryl methyl sites for hydroxylation is 1. The number of hydrogen-bond acceptors (Lipinski definition) is 3. The second-order valence-electron chi connectivity index (χ2n) is 3.33. The van der Waals surface area contributed by atoms with Crippen LogP contribution in [0.2, 0.25) is 0 Å². The highest BCUT2D eigenvalue weighted by Crippen LogP contribution is 2.02. The molecule has 5 heteroatoms. The second kappa shape index (κ2) is 5.11. The average molecular weight is 229 g/mol. The zero-order valence-corrected chi connectivity index (χ0v) is 9.53. The summed E-state index contributed by atoms with van der Waals surface area (Å²) in [7, 11) is -2.89. The number of carbonyl (C=O) groups excluding carboxylic acids is 1. The summed E-state index contributed by atoms with van der Waals surface area (Å²) < 4.78 is 24.2. The predicted molar refractivity (Wildman–Crippen MR) is 58.8 cm³/mol. The van der Waals surface area contributed by atoms with Gasteiger partial charge in [-0.1, -0.05) is 6.92 Å². The van der Waals surface area contributed by atoms with E-state index in [9.17, 15) is 13.2 Å². The molecule has 0 saturated heterocycles. The van der Waals surface area contributed by atoms with Gasteiger partial charge in [0.1, 0.15) is 9.84 Å². The first-order chi connectivity index (χ1) is 7.09. The molecule has 1 aromatic heterocycles. The third kappa shape index (κ3) is 3.51. The van der Waals surface area contributed by atoms with Gasteiger partial charge in [-0.25, -0.2) is 8.42 Å². The predicted octanol–water partition coefficient (Wildman–Crippen LogP) is 1.13. The summed E-state index contributed by atoms with van der Waals surface area (Å²) in [6.45, 7) is 2.21. The fourth-order valence-electron chi connectivity index (χ4n) is 1.34. The zero-order valence-electron chi connectivity index (χ0n) is 8.72. The minimum atomic E-state index is -2.89. The normalized spacial score (nSPS) is 11.5. The minimum absolute atomic E-state index is 0.180. The lowest BCUT2D eigenvalue weighted by Crippen LogP contribution is -2.11. The molecule has 1 rings (SSSR count). The van der Waals surface area contributed by atoms with E-state index in [1.165, 1.54) is 0 Å². The molecule has 0 aliphatic heterocycles. The van der Waals surface area contributed by atoms with E-state index in [-0.39, 0.29) is 11.5 Å². The molecule has 0 N–H and O–H groups in total. The van der Waals surface area contributed by atoms with Crippen LogP contribution in [0, 0.1) is 0 Å². The molecule has 15 heavy (non-hydrogen) atoms. The van der Waals surface area contributed by atoms with Crippen LogP contribution in [0.4, 0.5) is 0 Å². The zero-order chi connectivity index (χ0) is 11.3. The second-order valence-corrected chi connectivity index (χ2v) is 5.81. The first-order valence-corrected chi connectivity index (χ1v) is 6.72.